The lowest BCUT2D eigenvalue weighted by molar-refractivity contribution is 0.405. The van der Waals surface area contributed by atoms with Crippen LogP contribution in [-0.2, 0) is 5.41 Å². The Bertz CT molecular complexity index is 509. The van der Waals surface area contributed by atoms with Gasteiger partial charge in [0.05, 0.1) is 10.2 Å². The van der Waals surface area contributed by atoms with Gasteiger partial charge in [-0.15, -0.1) is 11.3 Å². The molecule has 0 unspecified atom stereocenters. The Morgan fingerprint density at radius 3 is 2.65 bits per heavy atom. The van der Waals surface area contributed by atoms with Gasteiger partial charge in [-0.1, -0.05) is 29.8 Å². The maximum absolute atomic E-state index is 5.97. The maximum atomic E-state index is 5.97. The minimum atomic E-state index is 0.0517. The summed E-state index contributed by atoms with van der Waals surface area (Å²) in [7, 11) is 0. The lowest BCUT2D eigenvalue weighted by Crippen LogP contribution is -2.33. The zero-order valence-corrected chi connectivity index (χ0v) is 12.6. The van der Waals surface area contributed by atoms with Crippen LogP contribution in [0.1, 0.15) is 31.7 Å². The number of nitrogens with zero attached hydrogens (tertiary/aromatic N) is 1. The Hall–Kier alpha value is -0.450. The van der Waals surface area contributed by atoms with Crippen LogP contribution in [0.4, 0.5) is 0 Å². The number of fused-ring (bicyclic) bond motifs is 1. The molecule has 0 fully saturated rings. The fourth-order valence-corrected chi connectivity index (χ4v) is 3.91. The Morgan fingerprint density at radius 2 is 2.06 bits per heavy atom. The van der Waals surface area contributed by atoms with Gasteiger partial charge < -0.3 is 5.73 Å². The van der Waals surface area contributed by atoms with Crippen molar-refractivity contribution in [2.45, 2.75) is 32.1 Å². The average Bonchev–Trinajstić information content (AvgIpc) is 2.75. The molecular weight excluding hydrogens is 296 g/mol. The van der Waals surface area contributed by atoms with Crippen molar-refractivity contribution in [1.29, 1.82) is 0 Å². The van der Waals surface area contributed by atoms with E-state index in [1.165, 1.54) is 9.71 Å². The Balaban J connectivity index is 2.55. The predicted octanol–water partition coefficient (Wildman–Crippen LogP) is 4.08. The third-order valence-electron chi connectivity index (χ3n) is 3.55. The molecule has 0 amide bonds. The summed E-state index contributed by atoms with van der Waals surface area (Å²) in [6.45, 7) is 5.05. The summed E-state index contributed by atoms with van der Waals surface area (Å²) in [5.74, 6) is 0. The van der Waals surface area contributed by atoms with Gasteiger partial charge in [-0.05, 0) is 31.0 Å². The summed E-state index contributed by atoms with van der Waals surface area (Å²) in [6.07, 6.45) is 2.09. The van der Waals surface area contributed by atoms with Crippen molar-refractivity contribution in [3.63, 3.8) is 0 Å². The maximum Gasteiger partial charge on any atom is 0.101 e. The molecule has 0 spiro atoms. The molecule has 4 heteroatoms. The number of benzene rings is 1. The molecule has 0 aliphatic carbocycles. The SMILES string of the molecule is CCC(CC)(CN)c1nc2ccc(Br)cc2s1. The molecule has 0 aliphatic heterocycles. The molecule has 92 valence electrons. The molecule has 17 heavy (non-hydrogen) atoms. The number of rotatable bonds is 4. The van der Waals surface area contributed by atoms with E-state index in [0.717, 1.165) is 22.8 Å². The molecule has 0 saturated carbocycles. The third-order valence-corrected chi connectivity index (χ3v) is 5.31. The molecule has 2 rings (SSSR count). The number of aromatic nitrogens is 1. The van der Waals surface area contributed by atoms with Crippen LogP contribution < -0.4 is 5.73 Å². The quantitative estimate of drug-likeness (QED) is 0.924. The van der Waals surface area contributed by atoms with Crippen molar-refractivity contribution in [2.24, 2.45) is 5.73 Å². The van der Waals surface area contributed by atoms with Gasteiger partial charge in [0.1, 0.15) is 5.01 Å². The van der Waals surface area contributed by atoms with Crippen LogP contribution in [0.3, 0.4) is 0 Å². The van der Waals surface area contributed by atoms with Gasteiger partial charge >= 0.3 is 0 Å². The van der Waals surface area contributed by atoms with Gasteiger partial charge in [0.15, 0.2) is 0 Å². The smallest absolute Gasteiger partial charge is 0.101 e. The van der Waals surface area contributed by atoms with Crippen LogP contribution >= 0.6 is 27.3 Å². The minimum Gasteiger partial charge on any atom is -0.329 e. The molecule has 2 N–H and O–H groups in total. The van der Waals surface area contributed by atoms with Crippen LogP contribution in [0.25, 0.3) is 10.2 Å². The van der Waals surface area contributed by atoms with Crippen LogP contribution in [0.15, 0.2) is 22.7 Å². The van der Waals surface area contributed by atoms with Crippen molar-refractivity contribution < 1.29 is 0 Å². The van der Waals surface area contributed by atoms with Crippen molar-refractivity contribution >= 4 is 37.5 Å². The summed E-state index contributed by atoms with van der Waals surface area (Å²) in [4.78, 5) is 4.76. The highest BCUT2D eigenvalue weighted by Crippen LogP contribution is 2.36. The van der Waals surface area contributed by atoms with E-state index in [9.17, 15) is 0 Å². The van der Waals surface area contributed by atoms with E-state index in [-0.39, 0.29) is 5.41 Å². The normalized spacial score (nSPS) is 12.2. The van der Waals surface area contributed by atoms with Gasteiger partial charge in [-0.3, -0.25) is 0 Å². The molecule has 0 bridgehead atoms. The number of halogens is 1. The second-order valence-electron chi connectivity index (χ2n) is 4.32. The first-order chi connectivity index (χ1) is 8.15. The van der Waals surface area contributed by atoms with Crippen molar-refractivity contribution in [3.05, 3.63) is 27.7 Å². The van der Waals surface area contributed by atoms with Crippen LogP contribution in [0.5, 0.6) is 0 Å². The molecule has 0 saturated heterocycles. The lowest BCUT2D eigenvalue weighted by Gasteiger charge is -2.27. The number of hydrogen-bond donors (Lipinski definition) is 1. The zero-order valence-electron chi connectivity index (χ0n) is 10.2. The lowest BCUT2D eigenvalue weighted by atomic mass is 9.83. The molecule has 1 aromatic carbocycles. The second-order valence-corrected chi connectivity index (χ2v) is 6.27. The molecule has 0 aliphatic rings. The fourth-order valence-electron chi connectivity index (χ4n) is 2.05. The highest BCUT2D eigenvalue weighted by molar-refractivity contribution is 9.10. The van der Waals surface area contributed by atoms with Gasteiger partial charge in [0, 0.05) is 16.4 Å². The Kier molecular flexibility index (Phi) is 3.85. The Labute approximate surface area is 114 Å². The predicted molar refractivity (Wildman–Crippen MR) is 78.6 cm³/mol. The minimum absolute atomic E-state index is 0.0517. The van der Waals surface area contributed by atoms with Gasteiger partial charge in [-0.2, -0.15) is 0 Å². The Morgan fingerprint density at radius 1 is 1.35 bits per heavy atom. The van der Waals surface area contributed by atoms with E-state index in [2.05, 4.69) is 41.9 Å². The zero-order chi connectivity index (χ0) is 12.5. The van der Waals surface area contributed by atoms with Crippen molar-refractivity contribution in [3.8, 4) is 0 Å². The van der Waals surface area contributed by atoms with Crippen molar-refractivity contribution in [1.82, 2.24) is 4.98 Å². The number of hydrogen-bond acceptors (Lipinski definition) is 3. The average molecular weight is 313 g/mol. The van der Waals surface area contributed by atoms with E-state index in [4.69, 9.17) is 10.7 Å². The van der Waals surface area contributed by atoms with E-state index >= 15 is 0 Å². The molecular formula is C13H17BrN2S. The van der Waals surface area contributed by atoms with Crippen LogP contribution in [0, 0.1) is 0 Å². The standard InChI is InChI=1S/C13H17BrN2S/c1-3-13(4-2,8-15)12-16-10-6-5-9(14)7-11(10)17-12/h5-7H,3-4,8,15H2,1-2H3. The first-order valence-corrected chi connectivity index (χ1v) is 7.53. The molecule has 0 atom stereocenters. The monoisotopic (exact) mass is 312 g/mol. The molecule has 1 aromatic heterocycles. The topological polar surface area (TPSA) is 38.9 Å². The fraction of sp³-hybridized carbons (Fsp3) is 0.462. The molecule has 2 aromatic rings. The van der Waals surface area contributed by atoms with Gasteiger partial charge in [0.25, 0.3) is 0 Å². The first kappa shape index (κ1) is 13.0. The van der Waals surface area contributed by atoms with E-state index < -0.39 is 0 Å². The molecule has 0 radical (unpaired) electrons. The number of nitrogens with two attached hydrogens (primary N) is 1. The summed E-state index contributed by atoms with van der Waals surface area (Å²) in [6, 6.07) is 6.23. The van der Waals surface area contributed by atoms with Crippen LogP contribution in [-0.4, -0.2) is 11.5 Å². The third kappa shape index (κ3) is 2.26. The summed E-state index contributed by atoms with van der Waals surface area (Å²) < 4.78 is 2.33. The van der Waals surface area contributed by atoms with Crippen molar-refractivity contribution in [2.75, 3.05) is 6.54 Å². The van der Waals surface area contributed by atoms with E-state index in [1.54, 1.807) is 11.3 Å². The highest BCUT2D eigenvalue weighted by Gasteiger charge is 2.30. The second kappa shape index (κ2) is 5.04. The molecule has 2 nitrogen and oxygen atoms in total. The van der Waals surface area contributed by atoms with E-state index in [1.807, 2.05) is 6.07 Å². The highest BCUT2D eigenvalue weighted by atomic mass is 79.9. The summed E-state index contributed by atoms with van der Waals surface area (Å²) >= 11 is 5.27. The molecule has 1 heterocycles. The summed E-state index contributed by atoms with van der Waals surface area (Å²) in [5.41, 5.74) is 7.10. The van der Waals surface area contributed by atoms with E-state index in [0.29, 0.717) is 6.54 Å². The summed E-state index contributed by atoms with van der Waals surface area (Å²) in [5, 5.41) is 1.18. The van der Waals surface area contributed by atoms with Crippen LogP contribution in [0.2, 0.25) is 0 Å². The first-order valence-electron chi connectivity index (χ1n) is 5.92. The van der Waals surface area contributed by atoms with Gasteiger partial charge in [-0.25, -0.2) is 4.98 Å². The number of thiazole rings is 1. The largest absolute Gasteiger partial charge is 0.329 e. The van der Waals surface area contributed by atoms with Gasteiger partial charge in [0.2, 0.25) is 0 Å².